The number of carbonyl (C=O) groups is 2. The predicted octanol–water partition coefficient (Wildman–Crippen LogP) is 3.36. The number of aromatic nitrogens is 2. The fourth-order valence-corrected chi connectivity index (χ4v) is 3.08. The molecule has 1 aliphatic rings. The third kappa shape index (κ3) is 4.51. The summed E-state index contributed by atoms with van der Waals surface area (Å²) in [7, 11) is 0. The molecule has 0 spiro atoms. The van der Waals surface area contributed by atoms with E-state index in [0.29, 0.717) is 11.1 Å². The molecule has 1 fully saturated rings. The van der Waals surface area contributed by atoms with Gasteiger partial charge in [-0.1, -0.05) is 18.2 Å². The van der Waals surface area contributed by atoms with Crippen LogP contribution in [0.2, 0.25) is 0 Å². The molecule has 0 N–H and O–H groups in total. The Labute approximate surface area is 167 Å². The van der Waals surface area contributed by atoms with Gasteiger partial charge in [0.2, 0.25) is 0 Å². The van der Waals surface area contributed by atoms with E-state index in [1.165, 1.54) is 6.07 Å². The molecule has 0 atom stereocenters. The molecule has 7 heteroatoms. The van der Waals surface area contributed by atoms with Gasteiger partial charge < -0.3 is 9.64 Å². The van der Waals surface area contributed by atoms with Crippen LogP contribution in [-0.4, -0.2) is 39.2 Å². The second kappa shape index (κ2) is 8.26. The zero-order valence-corrected chi connectivity index (χ0v) is 15.7. The zero-order chi connectivity index (χ0) is 20.2. The van der Waals surface area contributed by atoms with Crippen molar-refractivity contribution in [2.75, 3.05) is 6.61 Å². The first-order valence-electron chi connectivity index (χ1n) is 9.42. The van der Waals surface area contributed by atoms with E-state index in [4.69, 9.17) is 4.74 Å². The molecule has 148 valence electrons. The number of halogens is 1. The average molecular weight is 393 g/mol. The third-order valence-electron chi connectivity index (χ3n) is 4.81. The molecule has 1 aromatic heterocycles. The van der Waals surface area contributed by atoms with Crippen molar-refractivity contribution in [3.05, 3.63) is 83.9 Å². The summed E-state index contributed by atoms with van der Waals surface area (Å²) < 4.78 is 20.8. The highest BCUT2D eigenvalue weighted by molar-refractivity contribution is 5.91. The van der Waals surface area contributed by atoms with Gasteiger partial charge >= 0.3 is 5.97 Å². The molecule has 4 rings (SSSR count). The number of esters is 1. The second-order valence-corrected chi connectivity index (χ2v) is 6.92. The minimum Gasteiger partial charge on any atom is -0.452 e. The van der Waals surface area contributed by atoms with Gasteiger partial charge in [0.25, 0.3) is 5.91 Å². The zero-order valence-electron chi connectivity index (χ0n) is 15.7. The van der Waals surface area contributed by atoms with Gasteiger partial charge in [0.05, 0.1) is 11.3 Å². The quantitative estimate of drug-likeness (QED) is 0.578. The molecule has 0 radical (unpaired) electrons. The van der Waals surface area contributed by atoms with Crippen LogP contribution in [0.1, 0.15) is 28.8 Å². The van der Waals surface area contributed by atoms with Crippen LogP contribution in [0.15, 0.2) is 67.0 Å². The summed E-state index contributed by atoms with van der Waals surface area (Å²) >= 11 is 0. The van der Waals surface area contributed by atoms with E-state index < -0.39 is 5.97 Å². The molecule has 1 amide bonds. The van der Waals surface area contributed by atoms with Crippen molar-refractivity contribution in [1.29, 1.82) is 0 Å². The first kappa shape index (κ1) is 18.9. The molecule has 1 heterocycles. The van der Waals surface area contributed by atoms with E-state index in [1.807, 2.05) is 0 Å². The number of rotatable bonds is 7. The van der Waals surface area contributed by atoms with Gasteiger partial charge in [-0.25, -0.2) is 13.9 Å². The number of hydrogen-bond acceptors (Lipinski definition) is 4. The Balaban J connectivity index is 1.36. The van der Waals surface area contributed by atoms with Gasteiger partial charge in [0.1, 0.15) is 5.82 Å². The summed E-state index contributed by atoms with van der Waals surface area (Å²) in [5, 5.41) is 4.13. The molecule has 1 saturated carbocycles. The molecule has 0 unspecified atom stereocenters. The molecular weight excluding hydrogens is 373 g/mol. The highest BCUT2D eigenvalue weighted by Gasteiger charge is 2.33. The predicted molar refractivity (Wildman–Crippen MR) is 104 cm³/mol. The molecule has 1 aliphatic carbocycles. The maximum Gasteiger partial charge on any atom is 0.338 e. The molecular formula is C22H20FN3O3. The van der Waals surface area contributed by atoms with Crippen LogP contribution in [-0.2, 0) is 16.1 Å². The van der Waals surface area contributed by atoms with Crippen LogP contribution in [0.25, 0.3) is 5.69 Å². The Bertz CT molecular complexity index is 998. The molecule has 0 aliphatic heterocycles. The minimum absolute atomic E-state index is 0.0779. The lowest BCUT2D eigenvalue weighted by Crippen LogP contribution is -2.36. The van der Waals surface area contributed by atoms with Crippen LogP contribution in [0.3, 0.4) is 0 Å². The van der Waals surface area contributed by atoms with E-state index in [-0.39, 0.29) is 30.9 Å². The average Bonchev–Trinajstić information content (AvgIpc) is 3.43. The van der Waals surface area contributed by atoms with Gasteiger partial charge in [0, 0.05) is 30.5 Å². The summed E-state index contributed by atoms with van der Waals surface area (Å²) in [5.74, 6) is -1.25. The number of nitrogens with zero attached hydrogens (tertiary/aromatic N) is 3. The van der Waals surface area contributed by atoms with E-state index in [2.05, 4.69) is 5.10 Å². The Morgan fingerprint density at radius 2 is 1.86 bits per heavy atom. The van der Waals surface area contributed by atoms with Gasteiger partial charge in [-0.3, -0.25) is 4.79 Å². The Kier molecular flexibility index (Phi) is 5.37. The van der Waals surface area contributed by atoms with Crippen molar-refractivity contribution in [2.24, 2.45) is 0 Å². The van der Waals surface area contributed by atoms with Crippen LogP contribution >= 0.6 is 0 Å². The van der Waals surface area contributed by atoms with Crippen molar-refractivity contribution in [3.8, 4) is 5.69 Å². The van der Waals surface area contributed by atoms with Crippen molar-refractivity contribution in [3.63, 3.8) is 0 Å². The van der Waals surface area contributed by atoms with Crippen LogP contribution in [0, 0.1) is 5.82 Å². The molecule has 6 nitrogen and oxygen atoms in total. The lowest BCUT2D eigenvalue weighted by molar-refractivity contribution is -0.135. The summed E-state index contributed by atoms with van der Waals surface area (Å²) in [6.45, 7) is -0.197. The molecule has 2 aromatic carbocycles. The van der Waals surface area contributed by atoms with E-state index in [9.17, 15) is 14.0 Å². The number of hydrogen-bond donors (Lipinski definition) is 0. The Hall–Kier alpha value is -3.48. The SMILES string of the molecule is O=C(OCC(=O)N(Cc1ccccc1F)C1CC1)c1ccc(-n2cccn2)cc1. The van der Waals surface area contributed by atoms with Crippen LogP contribution < -0.4 is 0 Å². The van der Waals surface area contributed by atoms with E-state index in [1.54, 1.807) is 70.5 Å². The number of ether oxygens (including phenoxy) is 1. The van der Waals surface area contributed by atoms with E-state index in [0.717, 1.165) is 18.5 Å². The summed E-state index contributed by atoms with van der Waals surface area (Å²) in [4.78, 5) is 26.5. The third-order valence-corrected chi connectivity index (χ3v) is 4.81. The minimum atomic E-state index is -0.577. The number of benzene rings is 2. The van der Waals surface area contributed by atoms with Gasteiger partial charge in [-0.2, -0.15) is 5.10 Å². The largest absolute Gasteiger partial charge is 0.452 e. The first-order valence-corrected chi connectivity index (χ1v) is 9.42. The van der Waals surface area contributed by atoms with Crippen molar-refractivity contribution < 1.29 is 18.7 Å². The van der Waals surface area contributed by atoms with Crippen molar-refractivity contribution in [2.45, 2.75) is 25.4 Å². The van der Waals surface area contributed by atoms with E-state index >= 15 is 0 Å². The highest BCUT2D eigenvalue weighted by atomic mass is 19.1. The van der Waals surface area contributed by atoms with Gasteiger partial charge in [-0.15, -0.1) is 0 Å². The first-order chi connectivity index (χ1) is 14.1. The summed E-state index contributed by atoms with van der Waals surface area (Å²) in [6, 6.07) is 15.0. The summed E-state index contributed by atoms with van der Waals surface area (Å²) in [5.41, 5.74) is 1.61. The maximum atomic E-state index is 13.9. The standard InChI is InChI=1S/C22H20FN3O3/c23-20-5-2-1-4-17(20)14-25(18-10-11-18)21(27)15-29-22(28)16-6-8-19(9-7-16)26-13-3-12-24-26/h1-9,12-13,18H,10-11,14-15H2. The number of amides is 1. The molecule has 0 bridgehead atoms. The smallest absolute Gasteiger partial charge is 0.338 e. The summed E-state index contributed by atoms with van der Waals surface area (Å²) in [6.07, 6.45) is 5.22. The highest BCUT2D eigenvalue weighted by Crippen LogP contribution is 2.29. The Morgan fingerprint density at radius 3 is 2.52 bits per heavy atom. The maximum absolute atomic E-state index is 13.9. The van der Waals surface area contributed by atoms with Gasteiger partial charge in [0.15, 0.2) is 6.61 Å². The van der Waals surface area contributed by atoms with Crippen LogP contribution in [0.4, 0.5) is 4.39 Å². The van der Waals surface area contributed by atoms with Crippen LogP contribution in [0.5, 0.6) is 0 Å². The lowest BCUT2D eigenvalue weighted by atomic mass is 10.2. The fraction of sp³-hybridized carbons (Fsp3) is 0.227. The molecule has 29 heavy (non-hydrogen) atoms. The van der Waals surface area contributed by atoms with Gasteiger partial charge in [-0.05, 0) is 49.2 Å². The van der Waals surface area contributed by atoms with Crippen molar-refractivity contribution in [1.82, 2.24) is 14.7 Å². The normalized spacial score (nSPS) is 13.1. The second-order valence-electron chi connectivity index (χ2n) is 6.92. The number of carbonyl (C=O) groups excluding carboxylic acids is 2. The Morgan fingerprint density at radius 1 is 1.10 bits per heavy atom. The lowest BCUT2D eigenvalue weighted by Gasteiger charge is -2.22. The van der Waals surface area contributed by atoms with Crippen molar-refractivity contribution >= 4 is 11.9 Å². The fourth-order valence-electron chi connectivity index (χ4n) is 3.08. The topological polar surface area (TPSA) is 64.4 Å². The molecule has 0 saturated heterocycles. The molecule has 3 aromatic rings. The monoisotopic (exact) mass is 393 g/mol.